The van der Waals surface area contributed by atoms with Crippen molar-refractivity contribution in [1.82, 2.24) is 0 Å². The summed E-state index contributed by atoms with van der Waals surface area (Å²) in [7, 11) is 0. The lowest BCUT2D eigenvalue weighted by Crippen LogP contribution is -3.13. The second-order valence-corrected chi connectivity index (χ2v) is 5.30. The van der Waals surface area contributed by atoms with E-state index in [0.29, 0.717) is 6.54 Å². The maximum absolute atomic E-state index is 12.1. The molecule has 0 aliphatic carbocycles. The van der Waals surface area contributed by atoms with Gasteiger partial charge in [0.15, 0.2) is 6.54 Å². The zero-order valence-corrected chi connectivity index (χ0v) is 12.5. The molecule has 106 valence electrons. The number of amides is 1. The van der Waals surface area contributed by atoms with Gasteiger partial charge in [-0.25, -0.2) is 0 Å². The van der Waals surface area contributed by atoms with Crippen molar-refractivity contribution in [3.63, 3.8) is 0 Å². The molecule has 0 bridgehead atoms. The highest BCUT2D eigenvalue weighted by molar-refractivity contribution is 5.93. The number of nitrogens with one attached hydrogen (secondary N) is 2. The molecule has 1 heterocycles. The normalized spacial score (nSPS) is 15.7. The number of carbonyl (C=O) groups excluding carboxylic acids is 1. The first-order chi connectivity index (χ1) is 8.66. The lowest BCUT2D eigenvalue weighted by molar-refractivity contribution is -0.896. The van der Waals surface area contributed by atoms with Crippen LogP contribution in [0.25, 0.3) is 0 Å². The fourth-order valence-corrected chi connectivity index (χ4v) is 2.65. The van der Waals surface area contributed by atoms with Gasteiger partial charge in [-0.2, -0.15) is 0 Å². The van der Waals surface area contributed by atoms with Gasteiger partial charge in [0, 0.05) is 5.69 Å². The minimum atomic E-state index is 0. The fraction of sp³-hybridized carbons (Fsp3) is 0.533. The molecule has 4 heteroatoms. The van der Waals surface area contributed by atoms with Crippen LogP contribution in [0, 0.1) is 13.8 Å². The summed E-state index contributed by atoms with van der Waals surface area (Å²) in [5, 5.41) is 3.07. The Hall–Kier alpha value is -1.06. The molecule has 1 aliphatic heterocycles. The van der Waals surface area contributed by atoms with Crippen molar-refractivity contribution in [1.29, 1.82) is 0 Å². The summed E-state index contributed by atoms with van der Waals surface area (Å²) in [5.41, 5.74) is 3.26. The monoisotopic (exact) mass is 282 g/mol. The first-order valence-corrected chi connectivity index (χ1v) is 6.86. The molecular formula is C15H23ClN2O. The van der Waals surface area contributed by atoms with Gasteiger partial charge in [0.2, 0.25) is 0 Å². The first kappa shape index (κ1) is 16.0. The number of likely N-dealkylation sites (tertiary alicyclic amines) is 1. The van der Waals surface area contributed by atoms with Gasteiger partial charge in [0.05, 0.1) is 13.1 Å². The van der Waals surface area contributed by atoms with Crippen LogP contribution in [0.3, 0.4) is 0 Å². The number of aryl methyl sites for hydroxylation is 2. The third-order valence-corrected chi connectivity index (χ3v) is 3.72. The van der Waals surface area contributed by atoms with Gasteiger partial charge in [0.1, 0.15) is 0 Å². The molecule has 2 rings (SSSR count). The summed E-state index contributed by atoms with van der Waals surface area (Å²) in [4.78, 5) is 13.5. The van der Waals surface area contributed by atoms with E-state index in [4.69, 9.17) is 0 Å². The van der Waals surface area contributed by atoms with Gasteiger partial charge >= 0.3 is 0 Å². The largest absolute Gasteiger partial charge is 1.00 e. The Labute approximate surface area is 121 Å². The highest BCUT2D eigenvalue weighted by Gasteiger charge is 2.17. The average molecular weight is 283 g/mol. The summed E-state index contributed by atoms with van der Waals surface area (Å²) >= 11 is 0. The molecule has 2 N–H and O–H groups in total. The van der Waals surface area contributed by atoms with Gasteiger partial charge in [-0.3, -0.25) is 4.79 Å². The summed E-state index contributed by atoms with van der Waals surface area (Å²) < 4.78 is 0. The molecule has 3 nitrogen and oxygen atoms in total. The Morgan fingerprint density at radius 1 is 1.16 bits per heavy atom. The maximum atomic E-state index is 12.1. The number of anilines is 1. The van der Waals surface area contributed by atoms with Gasteiger partial charge < -0.3 is 22.6 Å². The van der Waals surface area contributed by atoms with Crippen molar-refractivity contribution in [2.24, 2.45) is 0 Å². The van der Waals surface area contributed by atoms with E-state index in [-0.39, 0.29) is 18.3 Å². The van der Waals surface area contributed by atoms with Crippen LogP contribution >= 0.6 is 0 Å². The van der Waals surface area contributed by atoms with Crippen LogP contribution in [-0.4, -0.2) is 25.5 Å². The zero-order valence-electron chi connectivity index (χ0n) is 11.8. The third-order valence-electron chi connectivity index (χ3n) is 3.72. The first-order valence-electron chi connectivity index (χ1n) is 6.86. The van der Waals surface area contributed by atoms with Crippen LogP contribution in [0.4, 0.5) is 5.69 Å². The number of halogens is 1. The smallest absolute Gasteiger partial charge is 0.279 e. The van der Waals surface area contributed by atoms with Crippen LogP contribution in [-0.2, 0) is 4.79 Å². The summed E-state index contributed by atoms with van der Waals surface area (Å²) in [6.45, 7) is 6.96. The molecular weight excluding hydrogens is 260 g/mol. The molecule has 1 aromatic rings. The van der Waals surface area contributed by atoms with Crippen molar-refractivity contribution in [3.8, 4) is 0 Å². The Bertz CT molecular complexity index is 408. The molecule has 0 saturated carbocycles. The van der Waals surface area contributed by atoms with E-state index in [9.17, 15) is 4.79 Å². The van der Waals surface area contributed by atoms with Crippen LogP contribution in [0.1, 0.15) is 30.4 Å². The molecule has 1 aliphatic rings. The molecule has 0 atom stereocenters. The van der Waals surface area contributed by atoms with Crippen LogP contribution < -0.4 is 22.6 Å². The Kier molecular flexibility index (Phi) is 6.32. The van der Waals surface area contributed by atoms with Crippen LogP contribution in [0.15, 0.2) is 18.2 Å². The molecule has 0 spiro atoms. The summed E-state index contributed by atoms with van der Waals surface area (Å²) in [6, 6.07) is 6.10. The molecule has 1 aromatic carbocycles. The molecule has 19 heavy (non-hydrogen) atoms. The minimum absolute atomic E-state index is 0. The molecule has 0 radical (unpaired) electrons. The van der Waals surface area contributed by atoms with Crippen LogP contribution in [0.5, 0.6) is 0 Å². The number of quaternary nitrogens is 1. The standard InChI is InChI=1S/C15H22N2O.ClH/c1-12-7-6-8-13(2)15(12)16-14(18)11-17-9-4-3-5-10-17;/h6-8H,3-5,9-11H2,1-2H3,(H,16,18);1H. The topological polar surface area (TPSA) is 33.5 Å². The average Bonchev–Trinajstić information content (AvgIpc) is 2.35. The number of para-hydroxylation sites is 1. The maximum Gasteiger partial charge on any atom is 0.279 e. The lowest BCUT2D eigenvalue weighted by Gasteiger charge is -2.23. The summed E-state index contributed by atoms with van der Waals surface area (Å²) in [5.74, 6) is 0.143. The zero-order chi connectivity index (χ0) is 13.0. The van der Waals surface area contributed by atoms with Crippen molar-refractivity contribution in [2.75, 3.05) is 25.0 Å². The van der Waals surface area contributed by atoms with Crippen molar-refractivity contribution < 1.29 is 22.1 Å². The second kappa shape index (κ2) is 7.51. The third kappa shape index (κ3) is 4.51. The van der Waals surface area contributed by atoms with Crippen LogP contribution in [0.2, 0.25) is 0 Å². The molecule has 1 fully saturated rings. The number of hydrogen-bond acceptors (Lipinski definition) is 1. The number of rotatable bonds is 3. The van der Waals surface area contributed by atoms with E-state index in [2.05, 4.69) is 5.32 Å². The highest BCUT2D eigenvalue weighted by Crippen LogP contribution is 2.18. The highest BCUT2D eigenvalue weighted by atomic mass is 35.5. The minimum Gasteiger partial charge on any atom is -1.00 e. The van der Waals surface area contributed by atoms with Gasteiger partial charge in [0.25, 0.3) is 5.91 Å². The van der Waals surface area contributed by atoms with E-state index in [1.165, 1.54) is 24.2 Å². The Morgan fingerprint density at radius 3 is 2.32 bits per heavy atom. The lowest BCUT2D eigenvalue weighted by atomic mass is 10.1. The van der Waals surface area contributed by atoms with Gasteiger partial charge in [-0.1, -0.05) is 18.2 Å². The number of carbonyl (C=O) groups is 1. The van der Waals surface area contributed by atoms with Crippen molar-refractivity contribution in [2.45, 2.75) is 33.1 Å². The van der Waals surface area contributed by atoms with Crippen molar-refractivity contribution in [3.05, 3.63) is 29.3 Å². The second-order valence-electron chi connectivity index (χ2n) is 5.30. The molecule has 0 aromatic heterocycles. The number of hydrogen-bond donors (Lipinski definition) is 2. The quantitative estimate of drug-likeness (QED) is 0.682. The van der Waals surface area contributed by atoms with E-state index in [1.807, 2.05) is 32.0 Å². The fourth-order valence-electron chi connectivity index (χ4n) is 2.65. The molecule has 0 unspecified atom stereocenters. The number of benzene rings is 1. The predicted octanol–water partition coefficient (Wildman–Crippen LogP) is -1.69. The van der Waals surface area contributed by atoms with E-state index in [0.717, 1.165) is 29.9 Å². The van der Waals surface area contributed by atoms with Gasteiger partial charge in [-0.15, -0.1) is 0 Å². The predicted molar refractivity (Wildman–Crippen MR) is 74.0 cm³/mol. The SMILES string of the molecule is Cc1cccc(C)c1NC(=O)C[NH+]1CCCCC1.[Cl-]. The van der Waals surface area contributed by atoms with Gasteiger partial charge in [-0.05, 0) is 44.2 Å². The Balaban J connectivity index is 0.00000180. The molecule has 1 amide bonds. The van der Waals surface area contributed by atoms with E-state index < -0.39 is 0 Å². The molecule has 1 saturated heterocycles. The van der Waals surface area contributed by atoms with Crippen molar-refractivity contribution >= 4 is 11.6 Å². The van der Waals surface area contributed by atoms with E-state index >= 15 is 0 Å². The summed E-state index contributed by atoms with van der Waals surface area (Å²) in [6.07, 6.45) is 3.83. The Morgan fingerprint density at radius 2 is 1.74 bits per heavy atom. The number of piperidine rings is 1. The van der Waals surface area contributed by atoms with E-state index in [1.54, 1.807) is 0 Å².